The Labute approximate surface area is 83.7 Å². The molecule has 0 spiro atoms. The van der Waals surface area contributed by atoms with Crippen molar-refractivity contribution in [2.45, 2.75) is 0 Å². The molecule has 0 aromatic carbocycles. The summed E-state index contributed by atoms with van der Waals surface area (Å²) in [6.45, 7) is 0. The SMILES string of the molecule is Oc1[nH]c(=S)sc1-c1ccncc1. The molecule has 2 aromatic rings. The maximum atomic E-state index is 9.45. The molecule has 0 unspecified atom stereocenters. The van der Waals surface area contributed by atoms with Crippen molar-refractivity contribution in [2.24, 2.45) is 0 Å². The number of nitrogens with zero attached hydrogens (tertiary/aromatic N) is 1. The molecule has 13 heavy (non-hydrogen) atoms. The zero-order valence-corrected chi connectivity index (χ0v) is 8.15. The summed E-state index contributed by atoms with van der Waals surface area (Å²) < 4.78 is 0.573. The number of aromatic hydroxyl groups is 1. The fourth-order valence-electron chi connectivity index (χ4n) is 1.02. The molecule has 2 N–H and O–H groups in total. The topological polar surface area (TPSA) is 48.9 Å². The quantitative estimate of drug-likeness (QED) is 0.711. The van der Waals surface area contributed by atoms with E-state index in [2.05, 4.69) is 9.97 Å². The van der Waals surface area contributed by atoms with Crippen LogP contribution in [-0.2, 0) is 0 Å². The van der Waals surface area contributed by atoms with Crippen LogP contribution in [0, 0.1) is 3.95 Å². The first kappa shape index (κ1) is 8.40. The van der Waals surface area contributed by atoms with Crippen LogP contribution in [0.5, 0.6) is 5.88 Å². The fourth-order valence-corrected chi connectivity index (χ4v) is 2.10. The van der Waals surface area contributed by atoms with Gasteiger partial charge in [0.05, 0.1) is 4.88 Å². The van der Waals surface area contributed by atoms with Gasteiger partial charge in [0.2, 0.25) is 5.88 Å². The lowest BCUT2D eigenvalue weighted by Gasteiger charge is -1.94. The van der Waals surface area contributed by atoms with Crippen molar-refractivity contribution in [1.29, 1.82) is 0 Å². The van der Waals surface area contributed by atoms with Crippen molar-refractivity contribution in [3.63, 3.8) is 0 Å². The van der Waals surface area contributed by atoms with E-state index >= 15 is 0 Å². The highest BCUT2D eigenvalue weighted by Gasteiger charge is 2.06. The summed E-state index contributed by atoms with van der Waals surface area (Å²) in [5.74, 6) is 0.126. The lowest BCUT2D eigenvalue weighted by molar-refractivity contribution is 0.458. The van der Waals surface area contributed by atoms with E-state index in [0.29, 0.717) is 3.95 Å². The molecular weight excluding hydrogens is 204 g/mol. The van der Waals surface area contributed by atoms with Crippen LogP contribution < -0.4 is 0 Å². The first-order valence-electron chi connectivity index (χ1n) is 3.60. The van der Waals surface area contributed by atoms with Crippen LogP contribution in [-0.4, -0.2) is 15.1 Å². The summed E-state index contributed by atoms with van der Waals surface area (Å²) in [6, 6.07) is 3.66. The Morgan fingerprint density at radius 1 is 1.38 bits per heavy atom. The number of nitrogens with one attached hydrogen (secondary N) is 1. The van der Waals surface area contributed by atoms with Gasteiger partial charge in [-0.05, 0) is 24.4 Å². The Morgan fingerprint density at radius 3 is 2.62 bits per heavy atom. The van der Waals surface area contributed by atoms with Crippen molar-refractivity contribution in [3.8, 4) is 16.3 Å². The number of aromatic nitrogens is 2. The van der Waals surface area contributed by atoms with Crippen molar-refractivity contribution in [1.82, 2.24) is 9.97 Å². The predicted octanol–water partition coefficient (Wildman–Crippen LogP) is 2.57. The summed E-state index contributed by atoms with van der Waals surface area (Å²) in [5.41, 5.74) is 0.921. The number of pyridine rings is 1. The third-order valence-corrected chi connectivity index (χ3v) is 2.85. The number of H-pyrrole nitrogens is 1. The predicted molar refractivity (Wildman–Crippen MR) is 54.4 cm³/mol. The summed E-state index contributed by atoms with van der Waals surface area (Å²) in [6.07, 6.45) is 3.36. The number of aromatic amines is 1. The molecular formula is C8H6N2OS2. The van der Waals surface area contributed by atoms with E-state index in [1.807, 2.05) is 12.1 Å². The normalized spacial score (nSPS) is 10.2. The highest BCUT2D eigenvalue weighted by molar-refractivity contribution is 7.73. The lowest BCUT2D eigenvalue weighted by Crippen LogP contribution is -1.74. The first-order valence-corrected chi connectivity index (χ1v) is 4.82. The zero-order chi connectivity index (χ0) is 9.26. The van der Waals surface area contributed by atoms with Crippen LogP contribution in [0.3, 0.4) is 0 Å². The Hall–Kier alpha value is -1.20. The van der Waals surface area contributed by atoms with E-state index in [1.165, 1.54) is 11.3 Å². The van der Waals surface area contributed by atoms with Gasteiger partial charge in [-0.1, -0.05) is 0 Å². The first-order chi connectivity index (χ1) is 6.27. The molecule has 0 aliphatic carbocycles. The highest BCUT2D eigenvalue weighted by atomic mass is 32.1. The van der Waals surface area contributed by atoms with Crippen LogP contribution in [0.4, 0.5) is 0 Å². The Kier molecular flexibility index (Phi) is 2.12. The minimum atomic E-state index is 0.126. The number of thiazole rings is 1. The maximum Gasteiger partial charge on any atom is 0.208 e. The van der Waals surface area contributed by atoms with Gasteiger partial charge in [0.15, 0.2) is 3.95 Å². The second-order valence-corrected chi connectivity index (χ2v) is 4.12. The summed E-state index contributed by atoms with van der Waals surface area (Å²) >= 11 is 6.26. The summed E-state index contributed by atoms with van der Waals surface area (Å²) in [5, 5.41) is 9.45. The maximum absolute atomic E-state index is 9.45. The molecule has 0 atom stereocenters. The van der Waals surface area contributed by atoms with Crippen molar-refractivity contribution >= 4 is 23.6 Å². The van der Waals surface area contributed by atoms with Crippen LogP contribution in [0.2, 0.25) is 0 Å². The van der Waals surface area contributed by atoms with E-state index in [9.17, 15) is 5.11 Å². The van der Waals surface area contributed by atoms with E-state index in [0.717, 1.165) is 10.4 Å². The molecule has 66 valence electrons. The molecule has 0 saturated carbocycles. The zero-order valence-electron chi connectivity index (χ0n) is 6.52. The third kappa shape index (κ3) is 1.61. The van der Waals surface area contributed by atoms with Gasteiger partial charge in [0.1, 0.15) is 0 Å². The molecule has 0 fully saturated rings. The van der Waals surface area contributed by atoms with E-state index < -0.39 is 0 Å². The molecule has 0 saturated heterocycles. The standard InChI is InChI=1S/C8H6N2OS2/c11-7-6(13-8(12)10-7)5-1-3-9-4-2-5/h1-4,11H,(H,10,12). The number of hydrogen-bond donors (Lipinski definition) is 2. The number of rotatable bonds is 1. The summed E-state index contributed by atoms with van der Waals surface area (Å²) in [7, 11) is 0. The Bertz CT molecular complexity index is 460. The van der Waals surface area contributed by atoms with Gasteiger partial charge in [0.25, 0.3) is 0 Å². The monoisotopic (exact) mass is 210 g/mol. The minimum absolute atomic E-state index is 0.126. The van der Waals surface area contributed by atoms with Crippen LogP contribution in [0.1, 0.15) is 0 Å². The molecule has 3 nitrogen and oxygen atoms in total. The molecule has 2 rings (SSSR count). The average molecular weight is 210 g/mol. The minimum Gasteiger partial charge on any atom is -0.494 e. The molecule has 0 radical (unpaired) electrons. The fraction of sp³-hybridized carbons (Fsp3) is 0. The Morgan fingerprint density at radius 2 is 2.08 bits per heavy atom. The molecule has 2 heterocycles. The molecule has 0 aliphatic rings. The molecule has 2 aromatic heterocycles. The molecule has 0 amide bonds. The Balaban J connectivity index is 2.59. The second-order valence-electron chi connectivity index (χ2n) is 2.43. The molecule has 5 heteroatoms. The van der Waals surface area contributed by atoms with Crippen LogP contribution in [0.25, 0.3) is 10.4 Å². The largest absolute Gasteiger partial charge is 0.494 e. The van der Waals surface area contributed by atoms with Gasteiger partial charge in [-0.25, -0.2) is 0 Å². The smallest absolute Gasteiger partial charge is 0.208 e. The van der Waals surface area contributed by atoms with Gasteiger partial charge in [-0.2, -0.15) is 0 Å². The van der Waals surface area contributed by atoms with Gasteiger partial charge in [0, 0.05) is 18.0 Å². The number of hydrogen-bond acceptors (Lipinski definition) is 4. The molecule has 0 aliphatic heterocycles. The third-order valence-electron chi connectivity index (χ3n) is 1.57. The van der Waals surface area contributed by atoms with Gasteiger partial charge in [-0.15, -0.1) is 11.3 Å². The second kappa shape index (κ2) is 3.27. The van der Waals surface area contributed by atoms with Gasteiger partial charge in [-0.3, -0.25) is 4.98 Å². The van der Waals surface area contributed by atoms with Crippen LogP contribution >= 0.6 is 23.6 Å². The highest BCUT2D eigenvalue weighted by Crippen LogP contribution is 2.32. The van der Waals surface area contributed by atoms with Gasteiger partial charge < -0.3 is 10.1 Å². The average Bonchev–Trinajstić information content (AvgIpc) is 2.47. The van der Waals surface area contributed by atoms with Crippen LogP contribution in [0.15, 0.2) is 24.5 Å². The van der Waals surface area contributed by atoms with Gasteiger partial charge >= 0.3 is 0 Å². The van der Waals surface area contributed by atoms with E-state index in [-0.39, 0.29) is 5.88 Å². The van der Waals surface area contributed by atoms with Crippen molar-refractivity contribution in [3.05, 3.63) is 28.5 Å². The molecule has 0 bridgehead atoms. The van der Waals surface area contributed by atoms with E-state index in [1.54, 1.807) is 12.4 Å². The van der Waals surface area contributed by atoms with Crippen molar-refractivity contribution in [2.75, 3.05) is 0 Å². The lowest BCUT2D eigenvalue weighted by atomic mass is 10.2. The van der Waals surface area contributed by atoms with Crippen molar-refractivity contribution < 1.29 is 5.11 Å². The summed E-state index contributed by atoms with van der Waals surface area (Å²) in [4.78, 5) is 7.33. The van der Waals surface area contributed by atoms with E-state index in [4.69, 9.17) is 12.2 Å².